The number of furan rings is 1. The van der Waals surface area contributed by atoms with Gasteiger partial charge in [-0.05, 0) is 75.2 Å². The minimum absolute atomic E-state index is 0.0817. The number of hydrogen-bond acceptors (Lipinski definition) is 8. The third kappa shape index (κ3) is 6.66. The number of rotatable bonds is 11. The number of anilines is 1. The Morgan fingerprint density at radius 2 is 1.57 bits per heavy atom. The van der Waals surface area contributed by atoms with Crippen LogP contribution in [0.5, 0.6) is 5.75 Å². The molecule has 3 aromatic carbocycles. The number of carboxylic acid groups (broad SMARTS) is 1. The number of esters is 1. The lowest BCUT2D eigenvalue weighted by Gasteiger charge is -2.23. The van der Waals surface area contributed by atoms with Crippen LogP contribution in [0.1, 0.15) is 36.9 Å². The number of sulfonamides is 1. The van der Waals surface area contributed by atoms with Crippen LogP contribution in [0.15, 0.2) is 88.2 Å². The Labute approximate surface area is 254 Å². The molecule has 11 nitrogen and oxygen atoms in total. The van der Waals surface area contributed by atoms with Gasteiger partial charge in [-0.1, -0.05) is 42.5 Å². The quantitative estimate of drug-likeness (QED) is 0.149. The fourth-order valence-corrected chi connectivity index (χ4v) is 5.72. The number of benzene rings is 3. The van der Waals surface area contributed by atoms with Crippen molar-refractivity contribution in [2.24, 2.45) is 0 Å². The molecule has 1 aromatic heterocycles. The summed E-state index contributed by atoms with van der Waals surface area (Å²) < 4.78 is 44.1. The predicted octanol–water partition coefficient (Wildman–Crippen LogP) is 5.30. The number of carbonyl (C=O) groups excluding carboxylic acids is 2. The Bertz CT molecular complexity index is 1840. The zero-order valence-electron chi connectivity index (χ0n) is 24.8. The van der Waals surface area contributed by atoms with Gasteiger partial charge >= 0.3 is 11.9 Å². The van der Waals surface area contributed by atoms with Crippen molar-refractivity contribution in [2.75, 3.05) is 12.4 Å². The molecule has 1 heterocycles. The van der Waals surface area contributed by atoms with E-state index in [9.17, 15) is 27.9 Å². The first-order chi connectivity index (χ1) is 20.6. The molecule has 4 aromatic rings. The lowest BCUT2D eigenvalue weighted by Crippen LogP contribution is -2.41. The van der Waals surface area contributed by atoms with Gasteiger partial charge in [0.1, 0.15) is 17.4 Å². The van der Waals surface area contributed by atoms with Crippen molar-refractivity contribution in [3.8, 4) is 16.9 Å². The number of aliphatic carboxylic acids is 1. The molecule has 0 bridgehead atoms. The van der Waals surface area contributed by atoms with Gasteiger partial charge in [-0.3, -0.25) is 9.59 Å². The number of hydrogen-bond donors (Lipinski definition) is 3. The van der Waals surface area contributed by atoms with Crippen LogP contribution in [0.4, 0.5) is 5.69 Å². The second-order valence-electron chi connectivity index (χ2n) is 10.6. The second-order valence-corrected chi connectivity index (χ2v) is 12.3. The van der Waals surface area contributed by atoms with Gasteiger partial charge < -0.3 is 24.3 Å². The van der Waals surface area contributed by atoms with Crippen molar-refractivity contribution in [3.05, 3.63) is 90.2 Å². The molecule has 4 rings (SSSR count). The van der Waals surface area contributed by atoms with E-state index in [1.807, 2.05) is 0 Å². The van der Waals surface area contributed by atoms with Crippen LogP contribution in [0.2, 0.25) is 0 Å². The first kappa shape index (κ1) is 32.0. The number of methoxy groups -OCH3 is 1. The molecule has 1 atom stereocenters. The smallest absolute Gasteiger partial charge is 0.349 e. The maximum Gasteiger partial charge on any atom is 0.349 e. The highest BCUT2D eigenvalue weighted by Crippen LogP contribution is 2.35. The normalized spacial score (nSPS) is 12.4. The molecule has 0 radical (unpaired) electrons. The summed E-state index contributed by atoms with van der Waals surface area (Å²) in [5, 5.41) is 12.6. The molecule has 0 saturated carbocycles. The van der Waals surface area contributed by atoms with Crippen LogP contribution < -0.4 is 14.8 Å². The summed E-state index contributed by atoms with van der Waals surface area (Å²) in [6.07, 6.45) is 0. The van der Waals surface area contributed by atoms with E-state index in [4.69, 9.17) is 13.9 Å². The molecular formula is C32H32N2O9S. The molecule has 0 aliphatic rings. The van der Waals surface area contributed by atoms with Gasteiger partial charge in [-0.2, -0.15) is 4.72 Å². The zero-order chi connectivity index (χ0) is 32.4. The van der Waals surface area contributed by atoms with Gasteiger partial charge in [0.2, 0.25) is 10.0 Å². The molecule has 0 fully saturated rings. The molecule has 0 saturated heterocycles. The molecule has 3 N–H and O–H groups in total. The highest BCUT2D eigenvalue weighted by atomic mass is 32.2. The fraction of sp³-hybridized carbons (Fsp3) is 0.219. The Morgan fingerprint density at radius 3 is 2.11 bits per heavy atom. The summed E-state index contributed by atoms with van der Waals surface area (Å²) >= 11 is 0. The Hall–Kier alpha value is -4.94. The monoisotopic (exact) mass is 620 g/mol. The van der Waals surface area contributed by atoms with Gasteiger partial charge in [0.05, 0.1) is 17.4 Å². The van der Waals surface area contributed by atoms with Gasteiger partial charge in [-0.25, -0.2) is 13.2 Å². The molecule has 12 heteroatoms. The highest BCUT2D eigenvalue weighted by Gasteiger charge is 2.33. The van der Waals surface area contributed by atoms with Gasteiger partial charge in [0, 0.05) is 11.3 Å². The summed E-state index contributed by atoms with van der Waals surface area (Å²) in [7, 11) is -2.83. The van der Waals surface area contributed by atoms with Crippen molar-refractivity contribution in [1.82, 2.24) is 4.72 Å². The number of ether oxygens (including phenoxy) is 2. The number of amides is 1. The molecular weight excluding hydrogens is 588 g/mol. The van der Waals surface area contributed by atoms with Crippen LogP contribution in [-0.4, -0.2) is 50.1 Å². The summed E-state index contributed by atoms with van der Waals surface area (Å²) in [6.45, 7) is 9.84. The SMILES string of the molecule is C=C(C)[C@H](NS(=O)(=O)c1ccc(-c2ccc(NC(=O)c3oc4cccc(OC(C)(C)C(=O)OC)c4c3C)cc2)cc1)C(=O)O. The molecule has 0 aliphatic carbocycles. The molecule has 0 spiro atoms. The van der Waals surface area contributed by atoms with E-state index in [-0.39, 0.29) is 16.2 Å². The van der Waals surface area contributed by atoms with E-state index < -0.39 is 39.5 Å². The Balaban J connectivity index is 1.50. The van der Waals surface area contributed by atoms with E-state index in [0.29, 0.717) is 33.5 Å². The molecule has 1 amide bonds. The van der Waals surface area contributed by atoms with Crippen molar-refractivity contribution in [3.63, 3.8) is 0 Å². The van der Waals surface area contributed by atoms with Crippen LogP contribution in [-0.2, 0) is 24.3 Å². The third-order valence-electron chi connectivity index (χ3n) is 6.82. The summed E-state index contributed by atoms with van der Waals surface area (Å²) in [4.78, 5) is 36.6. The highest BCUT2D eigenvalue weighted by molar-refractivity contribution is 7.89. The lowest BCUT2D eigenvalue weighted by atomic mass is 10.1. The zero-order valence-corrected chi connectivity index (χ0v) is 25.6. The maximum absolute atomic E-state index is 13.2. The standard InChI is InChI=1S/C32H32N2O9S/c1-18(2)27(30(36)37)34-44(39,40)23-16-12-21(13-17-23)20-10-14-22(15-11-20)33-29(35)28-19(3)26-24(42-28)8-7-9-25(26)43-32(4,5)31(38)41-6/h7-17,27,34H,1H2,2-6H3,(H,33,35)(H,36,37)/t27-/m0/s1. The van der Waals surface area contributed by atoms with E-state index in [0.717, 1.165) is 5.56 Å². The van der Waals surface area contributed by atoms with Crippen molar-refractivity contribution >= 4 is 44.5 Å². The Morgan fingerprint density at radius 1 is 0.977 bits per heavy atom. The molecule has 44 heavy (non-hydrogen) atoms. The summed E-state index contributed by atoms with van der Waals surface area (Å²) in [5.41, 5.74) is 1.78. The number of nitrogens with one attached hydrogen (secondary N) is 2. The van der Waals surface area contributed by atoms with E-state index in [2.05, 4.69) is 16.6 Å². The summed E-state index contributed by atoms with van der Waals surface area (Å²) in [5.74, 6) is -1.93. The molecule has 0 unspecified atom stereocenters. The number of carbonyl (C=O) groups is 3. The van der Waals surface area contributed by atoms with E-state index in [1.54, 1.807) is 75.4 Å². The number of carboxylic acids is 1. The largest absolute Gasteiger partial charge is 0.480 e. The van der Waals surface area contributed by atoms with Crippen LogP contribution >= 0.6 is 0 Å². The van der Waals surface area contributed by atoms with Gasteiger partial charge in [0.25, 0.3) is 5.91 Å². The van der Waals surface area contributed by atoms with Gasteiger partial charge in [-0.15, -0.1) is 0 Å². The average molecular weight is 621 g/mol. The minimum Gasteiger partial charge on any atom is -0.480 e. The van der Waals surface area contributed by atoms with Crippen LogP contribution in [0, 0.1) is 6.92 Å². The van der Waals surface area contributed by atoms with Crippen molar-refractivity contribution in [1.29, 1.82) is 0 Å². The molecule has 230 valence electrons. The first-order valence-corrected chi connectivity index (χ1v) is 14.8. The summed E-state index contributed by atoms with van der Waals surface area (Å²) in [6, 6.07) is 16.5. The predicted molar refractivity (Wildman–Crippen MR) is 164 cm³/mol. The first-order valence-electron chi connectivity index (χ1n) is 13.4. The lowest BCUT2D eigenvalue weighted by molar-refractivity contribution is -0.156. The van der Waals surface area contributed by atoms with Gasteiger partial charge in [0.15, 0.2) is 11.4 Å². The number of fused-ring (bicyclic) bond motifs is 1. The third-order valence-corrected chi connectivity index (χ3v) is 8.26. The average Bonchev–Trinajstić information content (AvgIpc) is 3.32. The minimum atomic E-state index is -4.10. The number of aryl methyl sites for hydroxylation is 1. The van der Waals surface area contributed by atoms with E-state index >= 15 is 0 Å². The van der Waals surface area contributed by atoms with Crippen molar-refractivity contribution in [2.45, 2.75) is 44.2 Å². The van der Waals surface area contributed by atoms with Crippen LogP contribution in [0.3, 0.4) is 0 Å². The van der Waals surface area contributed by atoms with Crippen molar-refractivity contribution < 1.29 is 41.8 Å². The second kappa shape index (κ2) is 12.3. The topological polar surface area (TPSA) is 161 Å². The Kier molecular flexibility index (Phi) is 8.98. The fourth-order valence-electron chi connectivity index (χ4n) is 4.48. The molecule has 0 aliphatic heterocycles. The maximum atomic E-state index is 13.2. The van der Waals surface area contributed by atoms with Crippen LogP contribution in [0.25, 0.3) is 22.1 Å². The van der Waals surface area contributed by atoms with E-state index in [1.165, 1.54) is 26.2 Å².